The van der Waals surface area contributed by atoms with Crippen molar-refractivity contribution < 1.29 is 51.4 Å². The maximum atomic E-state index is 13.3. The summed E-state index contributed by atoms with van der Waals surface area (Å²) in [6.45, 7) is -5.68. The number of rotatable bonds is 13. The van der Waals surface area contributed by atoms with Gasteiger partial charge in [0.15, 0.2) is 0 Å². The number of carbonyl (C=O) groups is 2. The van der Waals surface area contributed by atoms with E-state index >= 15 is 0 Å². The minimum absolute atomic E-state index is 0.0215. The van der Waals surface area contributed by atoms with Crippen molar-refractivity contribution in [3.05, 3.63) is 119 Å². The van der Waals surface area contributed by atoms with Crippen molar-refractivity contribution >= 4 is 11.9 Å². The monoisotopic (exact) mass is 712 g/mol. The second-order valence-corrected chi connectivity index (χ2v) is 11.8. The van der Waals surface area contributed by atoms with Gasteiger partial charge in [0, 0.05) is 38.7 Å². The van der Waals surface area contributed by atoms with Crippen LogP contribution in [0.2, 0.25) is 0 Å². The summed E-state index contributed by atoms with van der Waals surface area (Å²) in [6, 6.07) is 17.5. The van der Waals surface area contributed by atoms with Crippen molar-refractivity contribution in [2.24, 2.45) is 17.6 Å². The topological polar surface area (TPSA) is 177 Å². The number of pyridine rings is 2. The summed E-state index contributed by atoms with van der Waals surface area (Å²) in [6.07, 6.45) is 4.15. The number of halogens is 2. The molecule has 2 saturated carbocycles. The minimum atomic E-state index is -2.22. The summed E-state index contributed by atoms with van der Waals surface area (Å²) in [5.74, 6) is -1.81. The third-order valence-corrected chi connectivity index (χ3v) is 8.27. The van der Waals surface area contributed by atoms with E-state index in [1.807, 2.05) is 0 Å². The van der Waals surface area contributed by atoms with Crippen molar-refractivity contribution in [3.8, 4) is 11.8 Å². The van der Waals surface area contributed by atoms with E-state index < -0.39 is 38.4 Å². The van der Waals surface area contributed by atoms with Gasteiger partial charge in [0.2, 0.25) is 17.7 Å². The molecule has 0 saturated heterocycles. The van der Waals surface area contributed by atoms with Gasteiger partial charge in [-0.1, -0.05) is 30.3 Å². The van der Waals surface area contributed by atoms with E-state index in [9.17, 15) is 23.5 Å². The van der Waals surface area contributed by atoms with Gasteiger partial charge in [-0.3, -0.25) is 9.59 Å². The van der Waals surface area contributed by atoms with Crippen molar-refractivity contribution in [2.75, 3.05) is 26.4 Å². The number of ether oxygens (including phenoxy) is 2. The first-order valence-electron chi connectivity index (χ1n) is 19.1. The molecule has 4 aromatic rings. The number of nitrogens with zero attached hydrogens (tertiary/aromatic N) is 2. The first-order chi connectivity index (χ1) is 26.9. The van der Waals surface area contributed by atoms with Crippen LogP contribution in [-0.2, 0) is 9.59 Å². The third kappa shape index (κ3) is 11.5. The van der Waals surface area contributed by atoms with Crippen molar-refractivity contribution in [2.45, 2.75) is 50.5 Å². The molecule has 2 fully saturated rings. The second-order valence-electron chi connectivity index (χ2n) is 11.8. The summed E-state index contributed by atoms with van der Waals surface area (Å²) in [4.78, 5) is 30.9. The van der Waals surface area contributed by atoms with Crippen molar-refractivity contribution in [1.82, 2.24) is 15.3 Å². The predicted molar refractivity (Wildman–Crippen MR) is 185 cm³/mol. The predicted octanol–water partition coefficient (Wildman–Crippen LogP) is 5.06. The van der Waals surface area contributed by atoms with E-state index in [4.69, 9.17) is 33.6 Å². The number of hydrogen-bond donors (Lipinski definition) is 5. The van der Waals surface area contributed by atoms with Gasteiger partial charge in [-0.25, -0.2) is 18.7 Å². The lowest BCUT2D eigenvalue weighted by atomic mass is 10.1. The molecule has 0 aliphatic heterocycles. The Morgan fingerprint density at radius 2 is 1.37 bits per heavy atom. The first-order valence-corrected chi connectivity index (χ1v) is 16.1. The average molecular weight is 713 g/mol. The number of amides is 1. The highest BCUT2D eigenvalue weighted by atomic mass is 19.1. The van der Waals surface area contributed by atoms with Crippen LogP contribution >= 0.6 is 0 Å². The normalized spacial score (nSPS) is 21.7. The number of aliphatic hydroxyl groups is 2. The molecular weight excluding hydrogens is 662 g/mol. The molecule has 2 aliphatic carbocycles. The molecule has 6 atom stereocenters. The quantitative estimate of drug-likeness (QED) is 0.126. The number of aromatic nitrogens is 2. The number of nitrogens with two attached hydrogens (primary N) is 1. The molecule has 6 N–H and O–H groups in total. The lowest BCUT2D eigenvalue weighted by Crippen LogP contribution is -2.32. The summed E-state index contributed by atoms with van der Waals surface area (Å²) in [5.41, 5.74) is 8.39. The van der Waals surface area contributed by atoms with Crippen molar-refractivity contribution in [3.63, 3.8) is 0 Å². The van der Waals surface area contributed by atoms with E-state index in [-0.39, 0.29) is 72.8 Å². The molecule has 2 aromatic heterocycles. The Bertz CT molecular complexity index is 1920. The molecule has 6 rings (SSSR count). The molecule has 11 nitrogen and oxygen atoms in total. The zero-order chi connectivity index (χ0) is 41.9. The van der Waals surface area contributed by atoms with E-state index in [0.29, 0.717) is 24.0 Å². The fourth-order valence-electron chi connectivity index (χ4n) is 5.31. The SMILES string of the molecule is O=C(O)[C@H]1C[C@@H]1c1cccc(F)c1.[2H]C([2H])([2H])COc1ccc([C@@H](N)CO)cn1.[2H]C([2H])([2H])COc1ccc([C@H](CO)NC(=O)[C@H]2C[C@@H]2c2cccc(F)c2)cn1. The largest absolute Gasteiger partial charge is 0.481 e. The molecule has 2 aromatic carbocycles. The zero-order valence-electron chi connectivity index (χ0n) is 33.5. The van der Waals surface area contributed by atoms with E-state index in [1.165, 1.54) is 48.8 Å². The standard InChI is InChI=1S/C19H21FN2O3.C10H9FO2.C9H14N2O2/c1-2-25-18-7-6-13(10-21-18)17(11-23)22-19(24)16-9-15(16)12-4-3-5-14(20)8-12;11-7-3-1-2-6(4-7)8-5-9(8)10(12)13;1-2-13-9-4-3-7(5-11-9)8(10)6-12/h3-8,10,15-17,23H,2,9,11H2,1H3,(H,22,24);1-4,8-9H,5H2,(H,12,13);3-5,8,12H,2,6,10H2,1H3/t15-,16+,17+;8-,9+;8-/m110/s1/i1D3;;1D3. The number of aliphatic carboxylic acids is 1. The Kier molecular flexibility index (Phi) is 11.4. The smallest absolute Gasteiger partial charge is 0.307 e. The van der Waals surface area contributed by atoms with Crippen LogP contribution in [0.15, 0.2) is 85.2 Å². The van der Waals surface area contributed by atoms with Crippen molar-refractivity contribution in [1.29, 1.82) is 0 Å². The van der Waals surface area contributed by atoms with Gasteiger partial charge < -0.3 is 35.8 Å². The van der Waals surface area contributed by atoms with Gasteiger partial charge in [0.05, 0.1) is 44.4 Å². The van der Waals surface area contributed by atoms with Gasteiger partial charge in [-0.2, -0.15) is 0 Å². The molecule has 0 bridgehead atoms. The Morgan fingerprint density at radius 3 is 1.80 bits per heavy atom. The molecular formula is C38H44F2N4O7. The van der Waals surface area contributed by atoms with Crippen LogP contribution < -0.4 is 20.5 Å². The summed E-state index contributed by atoms with van der Waals surface area (Å²) < 4.78 is 78.3. The summed E-state index contributed by atoms with van der Waals surface area (Å²) >= 11 is 0. The fourth-order valence-corrected chi connectivity index (χ4v) is 5.31. The Hall–Kier alpha value is -4.98. The summed E-state index contributed by atoms with van der Waals surface area (Å²) in [7, 11) is 0. The maximum Gasteiger partial charge on any atom is 0.307 e. The Morgan fingerprint density at radius 1 is 0.843 bits per heavy atom. The van der Waals surface area contributed by atoms with Crippen LogP contribution in [0.3, 0.4) is 0 Å². The molecule has 51 heavy (non-hydrogen) atoms. The molecule has 2 heterocycles. The number of benzene rings is 2. The first kappa shape index (κ1) is 30.8. The molecule has 0 spiro atoms. The highest BCUT2D eigenvalue weighted by Crippen LogP contribution is 2.48. The zero-order valence-corrected chi connectivity index (χ0v) is 27.5. The van der Waals surface area contributed by atoms with Crippen LogP contribution in [-0.4, -0.2) is 63.6 Å². The lowest BCUT2D eigenvalue weighted by molar-refractivity contribution is -0.138. The fraction of sp³-hybridized carbons (Fsp3) is 0.368. The van der Waals surface area contributed by atoms with Gasteiger partial charge >= 0.3 is 5.97 Å². The molecule has 272 valence electrons. The Balaban J connectivity index is 0.000000209. The lowest BCUT2D eigenvalue weighted by Gasteiger charge is -2.17. The van der Waals surface area contributed by atoms with E-state index in [1.54, 1.807) is 36.4 Å². The number of carboxylic acid groups (broad SMARTS) is 1. The van der Waals surface area contributed by atoms with Crippen LogP contribution in [0.4, 0.5) is 8.78 Å². The highest BCUT2D eigenvalue weighted by molar-refractivity contribution is 5.83. The third-order valence-electron chi connectivity index (χ3n) is 8.27. The second kappa shape index (κ2) is 18.9. The van der Waals surface area contributed by atoms with Crippen LogP contribution in [0.1, 0.15) is 80.9 Å². The van der Waals surface area contributed by atoms with Gasteiger partial charge in [0.1, 0.15) is 11.6 Å². The molecule has 13 heteroatoms. The molecule has 1 amide bonds. The van der Waals surface area contributed by atoms with E-state index in [2.05, 4.69) is 15.3 Å². The van der Waals surface area contributed by atoms with E-state index in [0.717, 1.165) is 11.1 Å². The van der Waals surface area contributed by atoms with Gasteiger partial charge in [-0.05, 0) is 91.0 Å². The molecule has 2 aliphatic rings. The van der Waals surface area contributed by atoms with Crippen LogP contribution in [0, 0.1) is 23.5 Å². The molecule has 0 unspecified atom stereocenters. The number of aliphatic hydroxyl groups excluding tert-OH is 2. The number of carbonyl (C=O) groups excluding carboxylic acids is 1. The number of carboxylic acids is 1. The maximum absolute atomic E-state index is 13.3. The van der Waals surface area contributed by atoms with Gasteiger partial charge in [0.25, 0.3) is 0 Å². The number of hydrogen-bond acceptors (Lipinski definition) is 9. The highest BCUT2D eigenvalue weighted by Gasteiger charge is 2.45. The molecule has 0 radical (unpaired) electrons. The van der Waals surface area contributed by atoms with Crippen LogP contribution in [0.5, 0.6) is 11.8 Å². The van der Waals surface area contributed by atoms with Crippen LogP contribution in [0.25, 0.3) is 0 Å². The average Bonchev–Trinajstić information content (AvgIpc) is 4.10. The Labute approximate surface area is 303 Å². The minimum Gasteiger partial charge on any atom is -0.481 e. The van der Waals surface area contributed by atoms with Gasteiger partial charge in [-0.15, -0.1) is 0 Å². The number of nitrogens with one attached hydrogen (secondary N) is 1. The summed E-state index contributed by atoms with van der Waals surface area (Å²) in [5, 5.41) is 29.9.